The van der Waals surface area contributed by atoms with E-state index in [0.29, 0.717) is 32.1 Å². The number of allylic oxidation sites excluding steroid dienone is 1. The van der Waals surface area contributed by atoms with Crippen molar-refractivity contribution in [3.05, 3.63) is 103 Å². The van der Waals surface area contributed by atoms with Gasteiger partial charge in [0.15, 0.2) is 16.3 Å². The third-order valence-corrected chi connectivity index (χ3v) is 7.31. The van der Waals surface area contributed by atoms with Crippen LogP contribution in [0.25, 0.3) is 16.8 Å². The number of carbonyl (C=O) groups excluding carboxylic acids is 1. The Hall–Kier alpha value is -4.17. The summed E-state index contributed by atoms with van der Waals surface area (Å²) in [6.45, 7) is 3.97. The third-order valence-electron chi connectivity index (χ3n) is 6.33. The number of esters is 1. The molecule has 0 fully saturated rings. The maximum Gasteiger partial charge on any atom is 0.338 e. The maximum absolute atomic E-state index is 13.9. The van der Waals surface area contributed by atoms with Gasteiger partial charge in [0.25, 0.3) is 5.56 Å². The summed E-state index contributed by atoms with van der Waals surface area (Å²) in [6, 6.07) is 18.8. The van der Waals surface area contributed by atoms with Gasteiger partial charge in [-0.1, -0.05) is 59.9 Å². The van der Waals surface area contributed by atoms with Gasteiger partial charge in [0.05, 0.1) is 28.5 Å². The number of nitrogens with zero attached hydrogens (tertiary/aromatic N) is 2. The average molecular weight is 499 g/mol. The third kappa shape index (κ3) is 3.61. The molecule has 3 aromatic carbocycles. The van der Waals surface area contributed by atoms with E-state index in [2.05, 4.69) is 4.99 Å². The minimum absolute atomic E-state index is 0.182. The molecule has 0 N–H and O–H groups in total. The van der Waals surface area contributed by atoms with Gasteiger partial charge in [-0.15, -0.1) is 0 Å². The maximum atomic E-state index is 13.9. The number of hydrogen-bond donors (Lipinski definition) is 0. The summed E-state index contributed by atoms with van der Waals surface area (Å²) in [5.41, 5.74) is 2.36. The molecule has 0 amide bonds. The molecule has 36 heavy (non-hydrogen) atoms. The number of thiazole rings is 1. The molecule has 3 heterocycles. The summed E-state index contributed by atoms with van der Waals surface area (Å²) < 4.78 is 18.4. The molecule has 1 unspecified atom stereocenters. The lowest BCUT2D eigenvalue weighted by molar-refractivity contribution is -0.139. The predicted octanol–water partition coefficient (Wildman–Crippen LogP) is 3.68. The van der Waals surface area contributed by atoms with Crippen molar-refractivity contribution in [1.82, 2.24) is 4.57 Å². The topological polar surface area (TPSA) is 79.1 Å². The van der Waals surface area contributed by atoms with Crippen LogP contribution in [0.2, 0.25) is 0 Å². The lowest BCUT2D eigenvalue weighted by Crippen LogP contribution is -2.40. The van der Waals surface area contributed by atoms with E-state index in [1.54, 1.807) is 18.4 Å². The summed E-state index contributed by atoms with van der Waals surface area (Å²) >= 11 is 1.29. The molecule has 6 rings (SSSR count). The second-order valence-electron chi connectivity index (χ2n) is 8.48. The van der Waals surface area contributed by atoms with Crippen LogP contribution in [-0.4, -0.2) is 23.9 Å². The first-order chi connectivity index (χ1) is 17.5. The Balaban J connectivity index is 1.59. The number of rotatable bonds is 4. The number of ether oxygens (including phenoxy) is 3. The molecule has 1 atom stereocenters. The van der Waals surface area contributed by atoms with E-state index in [1.807, 2.05) is 66.7 Å². The zero-order valence-corrected chi connectivity index (χ0v) is 20.5. The summed E-state index contributed by atoms with van der Waals surface area (Å²) in [7, 11) is 0. The molecule has 0 saturated carbocycles. The molecular weight excluding hydrogens is 476 g/mol. The van der Waals surface area contributed by atoms with E-state index in [4.69, 9.17) is 14.2 Å². The van der Waals surface area contributed by atoms with Crippen LogP contribution in [0, 0.1) is 0 Å². The van der Waals surface area contributed by atoms with Crippen molar-refractivity contribution in [3.63, 3.8) is 0 Å². The van der Waals surface area contributed by atoms with Gasteiger partial charge in [0.1, 0.15) is 0 Å². The fraction of sp³-hybridized carbons (Fsp3) is 0.179. The van der Waals surface area contributed by atoms with Gasteiger partial charge in [-0.2, -0.15) is 0 Å². The summed E-state index contributed by atoms with van der Waals surface area (Å²) in [4.78, 5) is 32.2. The normalized spacial score (nSPS) is 16.7. The van der Waals surface area contributed by atoms with E-state index in [0.717, 1.165) is 21.9 Å². The van der Waals surface area contributed by atoms with Crippen molar-refractivity contribution in [1.29, 1.82) is 0 Å². The molecule has 2 aliphatic rings. The van der Waals surface area contributed by atoms with Gasteiger partial charge in [-0.3, -0.25) is 9.36 Å². The van der Waals surface area contributed by atoms with Crippen LogP contribution in [0.5, 0.6) is 11.5 Å². The SMILES string of the molecule is CCOC(=O)C1=C(C)N=c2sc(=Cc3ccc4c(c3)OCO4)c(=O)n2C1c1cccc2ccccc12. The molecule has 7 nitrogen and oxygen atoms in total. The lowest BCUT2D eigenvalue weighted by Gasteiger charge is -2.25. The Kier molecular flexibility index (Phi) is 5.45. The second kappa shape index (κ2) is 8.80. The monoisotopic (exact) mass is 498 g/mol. The average Bonchev–Trinajstić information content (AvgIpc) is 3.47. The minimum Gasteiger partial charge on any atom is -0.463 e. The smallest absolute Gasteiger partial charge is 0.338 e. The van der Waals surface area contributed by atoms with Crippen LogP contribution >= 0.6 is 11.3 Å². The Bertz CT molecular complexity index is 1740. The fourth-order valence-corrected chi connectivity index (χ4v) is 5.78. The first kappa shape index (κ1) is 22.3. The van der Waals surface area contributed by atoms with E-state index in [1.165, 1.54) is 11.3 Å². The largest absolute Gasteiger partial charge is 0.463 e. The number of benzene rings is 3. The van der Waals surface area contributed by atoms with Crippen molar-refractivity contribution >= 4 is 34.2 Å². The highest BCUT2D eigenvalue weighted by molar-refractivity contribution is 7.07. The van der Waals surface area contributed by atoms with Crippen LogP contribution in [0.1, 0.15) is 31.0 Å². The van der Waals surface area contributed by atoms with Crippen LogP contribution in [0.3, 0.4) is 0 Å². The molecule has 8 heteroatoms. The zero-order chi connectivity index (χ0) is 24.8. The lowest BCUT2D eigenvalue weighted by atomic mass is 9.91. The van der Waals surface area contributed by atoms with E-state index in [-0.39, 0.29) is 19.0 Å². The number of aromatic nitrogens is 1. The molecule has 180 valence electrons. The van der Waals surface area contributed by atoms with Crippen LogP contribution < -0.4 is 24.4 Å². The van der Waals surface area contributed by atoms with Crippen LogP contribution in [0.4, 0.5) is 0 Å². The van der Waals surface area contributed by atoms with Crippen molar-refractivity contribution < 1.29 is 19.0 Å². The summed E-state index contributed by atoms with van der Waals surface area (Å²) in [5.74, 6) is 0.853. The number of carbonyl (C=O) groups is 1. The molecule has 4 aromatic rings. The van der Waals surface area contributed by atoms with Crippen LogP contribution in [0.15, 0.2) is 81.7 Å². The highest BCUT2D eigenvalue weighted by Crippen LogP contribution is 2.35. The molecule has 0 bridgehead atoms. The zero-order valence-electron chi connectivity index (χ0n) is 19.7. The Morgan fingerprint density at radius 2 is 1.94 bits per heavy atom. The number of fused-ring (bicyclic) bond motifs is 3. The Morgan fingerprint density at radius 3 is 2.81 bits per heavy atom. The minimum atomic E-state index is -0.662. The predicted molar refractivity (Wildman–Crippen MR) is 137 cm³/mol. The second-order valence-corrected chi connectivity index (χ2v) is 9.49. The fourth-order valence-electron chi connectivity index (χ4n) is 4.73. The molecule has 0 radical (unpaired) electrons. The van der Waals surface area contributed by atoms with Crippen molar-refractivity contribution in [2.24, 2.45) is 4.99 Å². The molecule has 0 aliphatic carbocycles. The molecule has 0 spiro atoms. The summed E-state index contributed by atoms with van der Waals surface area (Å²) in [6.07, 6.45) is 1.81. The Labute approximate surface area is 210 Å². The van der Waals surface area contributed by atoms with Gasteiger partial charge in [0.2, 0.25) is 6.79 Å². The quantitative estimate of drug-likeness (QED) is 0.401. The molecular formula is C28H22N2O5S. The van der Waals surface area contributed by atoms with Gasteiger partial charge < -0.3 is 14.2 Å². The first-order valence-corrected chi connectivity index (χ1v) is 12.4. The summed E-state index contributed by atoms with van der Waals surface area (Å²) in [5, 5.41) is 1.99. The van der Waals surface area contributed by atoms with E-state index < -0.39 is 12.0 Å². The Morgan fingerprint density at radius 1 is 1.14 bits per heavy atom. The van der Waals surface area contributed by atoms with Crippen molar-refractivity contribution in [3.8, 4) is 11.5 Å². The van der Waals surface area contributed by atoms with Gasteiger partial charge in [-0.25, -0.2) is 9.79 Å². The van der Waals surface area contributed by atoms with E-state index in [9.17, 15) is 9.59 Å². The first-order valence-electron chi connectivity index (χ1n) is 11.6. The highest BCUT2D eigenvalue weighted by atomic mass is 32.1. The molecule has 0 saturated heterocycles. The van der Waals surface area contributed by atoms with Crippen molar-refractivity contribution in [2.45, 2.75) is 19.9 Å². The van der Waals surface area contributed by atoms with Crippen molar-refractivity contribution in [2.75, 3.05) is 13.4 Å². The standard InChI is InChI=1S/C28H22N2O5S/c1-3-33-27(32)24-16(2)29-28-30(25(24)20-10-6-8-18-7-4-5-9-19(18)20)26(31)23(36-28)14-17-11-12-21-22(13-17)35-15-34-21/h4-14,25H,3,15H2,1-2H3. The van der Waals surface area contributed by atoms with Gasteiger partial charge in [-0.05, 0) is 54.0 Å². The van der Waals surface area contributed by atoms with Gasteiger partial charge >= 0.3 is 5.97 Å². The number of hydrogen-bond acceptors (Lipinski definition) is 7. The van der Waals surface area contributed by atoms with E-state index >= 15 is 0 Å². The van der Waals surface area contributed by atoms with Gasteiger partial charge in [0, 0.05) is 0 Å². The highest BCUT2D eigenvalue weighted by Gasteiger charge is 2.34. The van der Waals surface area contributed by atoms with Crippen LogP contribution in [-0.2, 0) is 9.53 Å². The molecule has 2 aliphatic heterocycles. The molecule has 1 aromatic heterocycles.